The highest BCUT2D eigenvalue weighted by Crippen LogP contribution is 2.20. The minimum absolute atomic E-state index is 0.0236. The number of hydrogen-bond acceptors (Lipinski definition) is 3. The Kier molecular flexibility index (Phi) is 3.63. The van der Waals surface area contributed by atoms with Crippen LogP contribution in [0.3, 0.4) is 0 Å². The van der Waals surface area contributed by atoms with Gasteiger partial charge in [0.15, 0.2) is 0 Å². The first kappa shape index (κ1) is 15.0. The van der Waals surface area contributed by atoms with Crippen molar-refractivity contribution in [1.82, 2.24) is 24.5 Å². The summed E-state index contributed by atoms with van der Waals surface area (Å²) >= 11 is 0. The van der Waals surface area contributed by atoms with Crippen molar-refractivity contribution in [3.8, 4) is 0 Å². The number of nitrogens with one attached hydrogen (secondary N) is 1. The van der Waals surface area contributed by atoms with Crippen molar-refractivity contribution >= 4 is 17.6 Å². The summed E-state index contributed by atoms with van der Waals surface area (Å²) in [4.78, 5) is 32.7. The van der Waals surface area contributed by atoms with Crippen LogP contribution in [-0.2, 0) is 0 Å². The number of carbonyl (C=O) groups is 2. The Morgan fingerprint density at radius 1 is 1.29 bits per heavy atom. The second-order valence-electron chi connectivity index (χ2n) is 6.54. The van der Waals surface area contributed by atoms with Gasteiger partial charge in [0.2, 0.25) is 0 Å². The van der Waals surface area contributed by atoms with Crippen molar-refractivity contribution in [1.29, 1.82) is 0 Å². The topological polar surface area (TPSA) is 70.0 Å². The van der Waals surface area contributed by atoms with Gasteiger partial charge in [-0.1, -0.05) is 0 Å². The SMILES string of the molecule is Cc1ccn2cc(C(=O)N3CCC(N4CCNC4=O)CC3)nc2c1. The van der Waals surface area contributed by atoms with Gasteiger partial charge in [0.25, 0.3) is 5.91 Å². The van der Waals surface area contributed by atoms with Crippen molar-refractivity contribution in [2.45, 2.75) is 25.8 Å². The Hall–Kier alpha value is -2.57. The van der Waals surface area contributed by atoms with Crippen molar-refractivity contribution in [3.63, 3.8) is 0 Å². The third-order valence-electron chi connectivity index (χ3n) is 4.92. The van der Waals surface area contributed by atoms with Gasteiger partial charge in [-0.2, -0.15) is 0 Å². The van der Waals surface area contributed by atoms with Crippen molar-refractivity contribution < 1.29 is 9.59 Å². The maximum absolute atomic E-state index is 12.7. The Labute approximate surface area is 140 Å². The molecule has 4 rings (SSSR count). The van der Waals surface area contributed by atoms with E-state index in [1.807, 2.05) is 39.5 Å². The molecule has 0 aromatic carbocycles. The van der Waals surface area contributed by atoms with E-state index < -0.39 is 0 Å². The van der Waals surface area contributed by atoms with Gasteiger partial charge in [-0.15, -0.1) is 0 Å². The molecule has 2 fully saturated rings. The molecule has 2 aliphatic heterocycles. The number of hydrogen-bond donors (Lipinski definition) is 1. The van der Waals surface area contributed by atoms with Crippen molar-refractivity contribution in [2.75, 3.05) is 26.2 Å². The zero-order chi connectivity index (χ0) is 16.7. The number of pyridine rings is 1. The first-order valence-electron chi connectivity index (χ1n) is 8.41. The first-order valence-corrected chi connectivity index (χ1v) is 8.41. The number of aromatic nitrogens is 2. The zero-order valence-corrected chi connectivity index (χ0v) is 13.7. The summed E-state index contributed by atoms with van der Waals surface area (Å²) in [6.45, 7) is 4.83. The average molecular weight is 327 g/mol. The van der Waals surface area contributed by atoms with Crippen molar-refractivity contribution in [2.24, 2.45) is 0 Å². The van der Waals surface area contributed by atoms with E-state index in [1.165, 1.54) is 0 Å². The normalized spacial score (nSPS) is 19.1. The molecular formula is C17H21N5O2. The Morgan fingerprint density at radius 2 is 2.08 bits per heavy atom. The van der Waals surface area contributed by atoms with Crippen LogP contribution in [0.5, 0.6) is 0 Å². The van der Waals surface area contributed by atoms with E-state index in [-0.39, 0.29) is 18.0 Å². The molecular weight excluding hydrogens is 306 g/mol. The smallest absolute Gasteiger partial charge is 0.317 e. The van der Waals surface area contributed by atoms with E-state index in [1.54, 1.807) is 6.20 Å². The molecule has 0 saturated carbocycles. The van der Waals surface area contributed by atoms with E-state index in [0.717, 1.165) is 37.1 Å². The number of imidazole rings is 1. The summed E-state index contributed by atoms with van der Waals surface area (Å²) in [6.07, 6.45) is 5.36. The lowest BCUT2D eigenvalue weighted by molar-refractivity contribution is 0.0661. The minimum Gasteiger partial charge on any atom is -0.337 e. The number of aryl methyl sites for hydroxylation is 1. The van der Waals surface area contributed by atoms with Crippen LogP contribution in [0.15, 0.2) is 24.5 Å². The highest BCUT2D eigenvalue weighted by Gasteiger charge is 2.32. The monoisotopic (exact) mass is 327 g/mol. The maximum atomic E-state index is 12.7. The van der Waals surface area contributed by atoms with Gasteiger partial charge in [0.05, 0.1) is 0 Å². The van der Waals surface area contributed by atoms with Crippen LogP contribution in [-0.4, -0.2) is 63.3 Å². The van der Waals surface area contributed by atoms with E-state index in [0.29, 0.717) is 18.8 Å². The molecule has 0 radical (unpaired) electrons. The minimum atomic E-state index is -0.0272. The van der Waals surface area contributed by atoms with Crippen LogP contribution >= 0.6 is 0 Å². The van der Waals surface area contributed by atoms with Crippen LogP contribution in [0.25, 0.3) is 5.65 Å². The summed E-state index contributed by atoms with van der Waals surface area (Å²) < 4.78 is 1.88. The van der Waals surface area contributed by atoms with Gasteiger partial charge in [-0.3, -0.25) is 4.79 Å². The third kappa shape index (κ3) is 2.60. The predicted octanol–water partition coefficient (Wildman–Crippen LogP) is 1.27. The lowest BCUT2D eigenvalue weighted by Crippen LogP contribution is -2.47. The Balaban J connectivity index is 1.44. The van der Waals surface area contributed by atoms with Crippen LogP contribution < -0.4 is 5.32 Å². The fourth-order valence-corrected chi connectivity index (χ4v) is 3.56. The van der Waals surface area contributed by atoms with Crippen molar-refractivity contribution in [3.05, 3.63) is 35.8 Å². The number of urea groups is 1. The standard InChI is InChI=1S/C17H21N5O2/c1-12-2-6-21-11-14(19-15(21)10-12)16(23)20-7-3-13(4-8-20)22-9-5-18-17(22)24/h2,6,10-11,13H,3-5,7-9H2,1H3,(H,18,24). The second kappa shape index (κ2) is 5.81. The van der Waals surface area contributed by atoms with Gasteiger partial charge in [0.1, 0.15) is 11.3 Å². The number of carbonyl (C=O) groups excluding carboxylic acids is 2. The number of nitrogens with zero attached hydrogens (tertiary/aromatic N) is 4. The van der Waals surface area contributed by atoms with Crippen LogP contribution in [0, 0.1) is 6.92 Å². The number of likely N-dealkylation sites (tertiary alicyclic amines) is 1. The van der Waals surface area contributed by atoms with Crippen LogP contribution in [0.2, 0.25) is 0 Å². The summed E-state index contributed by atoms with van der Waals surface area (Å²) in [5.41, 5.74) is 2.40. The molecule has 7 nitrogen and oxygen atoms in total. The molecule has 0 atom stereocenters. The van der Waals surface area contributed by atoms with Crippen LogP contribution in [0.4, 0.5) is 4.79 Å². The molecule has 0 spiro atoms. The first-order chi connectivity index (χ1) is 11.6. The Morgan fingerprint density at radius 3 is 2.79 bits per heavy atom. The largest absolute Gasteiger partial charge is 0.337 e. The Bertz CT molecular complexity index is 791. The zero-order valence-electron chi connectivity index (χ0n) is 13.7. The molecule has 2 saturated heterocycles. The van der Waals surface area contributed by atoms with Gasteiger partial charge >= 0.3 is 6.03 Å². The molecule has 0 aliphatic carbocycles. The van der Waals surface area contributed by atoms with E-state index in [9.17, 15) is 9.59 Å². The molecule has 7 heteroatoms. The van der Waals surface area contributed by atoms with Crippen LogP contribution in [0.1, 0.15) is 28.9 Å². The number of amides is 3. The number of piperidine rings is 1. The second-order valence-corrected chi connectivity index (χ2v) is 6.54. The number of rotatable bonds is 2. The molecule has 0 unspecified atom stereocenters. The average Bonchev–Trinajstić information content (AvgIpc) is 3.20. The molecule has 2 aromatic rings. The van der Waals surface area contributed by atoms with E-state index in [2.05, 4.69) is 10.3 Å². The summed E-state index contributed by atoms with van der Waals surface area (Å²) in [5.74, 6) is -0.0272. The highest BCUT2D eigenvalue weighted by atomic mass is 16.2. The molecule has 3 amide bonds. The summed E-state index contributed by atoms with van der Waals surface area (Å²) in [7, 11) is 0. The van der Waals surface area contributed by atoms with E-state index >= 15 is 0 Å². The summed E-state index contributed by atoms with van der Waals surface area (Å²) in [6, 6.07) is 4.22. The third-order valence-corrected chi connectivity index (χ3v) is 4.92. The fourth-order valence-electron chi connectivity index (χ4n) is 3.56. The number of fused-ring (bicyclic) bond motifs is 1. The van der Waals surface area contributed by atoms with E-state index in [4.69, 9.17) is 0 Å². The lowest BCUT2D eigenvalue weighted by Gasteiger charge is -2.35. The molecule has 24 heavy (non-hydrogen) atoms. The van der Waals surface area contributed by atoms with Gasteiger partial charge < -0.3 is 19.5 Å². The molecule has 126 valence electrons. The van der Waals surface area contributed by atoms with Gasteiger partial charge in [-0.25, -0.2) is 9.78 Å². The maximum Gasteiger partial charge on any atom is 0.317 e. The molecule has 2 aliphatic rings. The molecule has 2 aromatic heterocycles. The fraction of sp³-hybridized carbons (Fsp3) is 0.471. The highest BCUT2D eigenvalue weighted by molar-refractivity contribution is 5.93. The summed E-state index contributed by atoms with van der Waals surface area (Å²) in [5, 5.41) is 2.84. The predicted molar refractivity (Wildman–Crippen MR) is 89.0 cm³/mol. The lowest BCUT2D eigenvalue weighted by atomic mass is 10.0. The molecule has 4 heterocycles. The quantitative estimate of drug-likeness (QED) is 0.903. The molecule has 1 N–H and O–H groups in total. The van der Waals surface area contributed by atoms with Gasteiger partial charge in [0, 0.05) is 44.6 Å². The molecule has 0 bridgehead atoms. The van der Waals surface area contributed by atoms with Gasteiger partial charge in [-0.05, 0) is 37.5 Å².